The molecule has 0 aromatic rings. The molecule has 2 bridgehead atoms. The normalized spacial score (nSPS) is 48.2. The summed E-state index contributed by atoms with van der Waals surface area (Å²) in [5.41, 5.74) is -0.280. The van der Waals surface area contributed by atoms with Crippen LogP contribution >= 0.6 is 0 Å². The van der Waals surface area contributed by atoms with Crippen molar-refractivity contribution in [1.82, 2.24) is 0 Å². The SMILES string of the molecule is CCC(C)C1(O)CC2CCC1C2. The maximum absolute atomic E-state index is 10.4. The van der Waals surface area contributed by atoms with Gasteiger partial charge in [-0.25, -0.2) is 0 Å². The predicted octanol–water partition coefficient (Wildman–Crippen LogP) is 2.58. The molecule has 2 saturated carbocycles. The van der Waals surface area contributed by atoms with Crippen molar-refractivity contribution in [3.05, 3.63) is 0 Å². The van der Waals surface area contributed by atoms with E-state index in [0.29, 0.717) is 11.8 Å². The zero-order chi connectivity index (χ0) is 8.77. The van der Waals surface area contributed by atoms with Crippen LogP contribution in [0.5, 0.6) is 0 Å². The van der Waals surface area contributed by atoms with E-state index < -0.39 is 0 Å². The van der Waals surface area contributed by atoms with Gasteiger partial charge in [-0.3, -0.25) is 0 Å². The zero-order valence-corrected chi connectivity index (χ0v) is 8.21. The summed E-state index contributed by atoms with van der Waals surface area (Å²) in [6, 6.07) is 0. The Balaban J connectivity index is 2.12. The summed E-state index contributed by atoms with van der Waals surface area (Å²) in [7, 11) is 0. The summed E-state index contributed by atoms with van der Waals surface area (Å²) < 4.78 is 0. The average Bonchev–Trinajstić information content (AvgIpc) is 2.62. The number of hydrogen-bond acceptors (Lipinski definition) is 1. The average molecular weight is 168 g/mol. The first-order chi connectivity index (χ1) is 5.66. The lowest BCUT2D eigenvalue weighted by atomic mass is 9.75. The number of hydrogen-bond donors (Lipinski definition) is 1. The van der Waals surface area contributed by atoms with Gasteiger partial charge in [-0.1, -0.05) is 20.3 Å². The molecule has 0 aliphatic heterocycles. The molecule has 0 heterocycles. The van der Waals surface area contributed by atoms with Crippen molar-refractivity contribution < 1.29 is 5.11 Å². The van der Waals surface area contributed by atoms with Gasteiger partial charge in [0.1, 0.15) is 0 Å². The van der Waals surface area contributed by atoms with Crippen LogP contribution in [0.4, 0.5) is 0 Å². The molecule has 2 aliphatic rings. The van der Waals surface area contributed by atoms with Crippen LogP contribution in [-0.2, 0) is 0 Å². The zero-order valence-electron chi connectivity index (χ0n) is 8.21. The molecule has 4 atom stereocenters. The van der Waals surface area contributed by atoms with Gasteiger partial charge in [0.2, 0.25) is 0 Å². The van der Waals surface area contributed by atoms with Gasteiger partial charge in [-0.05, 0) is 43.4 Å². The third kappa shape index (κ3) is 1.02. The van der Waals surface area contributed by atoms with Gasteiger partial charge in [-0.15, -0.1) is 0 Å². The Labute approximate surface area is 75.2 Å². The van der Waals surface area contributed by atoms with Gasteiger partial charge in [0.25, 0.3) is 0 Å². The van der Waals surface area contributed by atoms with E-state index in [4.69, 9.17) is 0 Å². The van der Waals surface area contributed by atoms with E-state index in [1.165, 1.54) is 19.3 Å². The molecule has 1 nitrogen and oxygen atoms in total. The smallest absolute Gasteiger partial charge is 0.0703 e. The van der Waals surface area contributed by atoms with Crippen LogP contribution in [0, 0.1) is 17.8 Å². The van der Waals surface area contributed by atoms with Crippen molar-refractivity contribution in [3.63, 3.8) is 0 Å². The van der Waals surface area contributed by atoms with Gasteiger partial charge in [0.15, 0.2) is 0 Å². The largest absolute Gasteiger partial charge is 0.389 e. The molecule has 0 aromatic carbocycles. The lowest BCUT2D eigenvalue weighted by molar-refractivity contribution is -0.0599. The number of aliphatic hydroxyl groups is 1. The van der Waals surface area contributed by atoms with Crippen LogP contribution in [0.1, 0.15) is 46.0 Å². The molecule has 1 N–H and O–H groups in total. The van der Waals surface area contributed by atoms with Crippen LogP contribution < -0.4 is 0 Å². The van der Waals surface area contributed by atoms with Crippen molar-refractivity contribution in [3.8, 4) is 0 Å². The molecule has 2 aliphatic carbocycles. The third-order valence-corrected chi connectivity index (χ3v) is 4.33. The second-order valence-corrected chi connectivity index (χ2v) is 4.88. The van der Waals surface area contributed by atoms with E-state index in [0.717, 1.165) is 18.8 Å². The number of rotatable bonds is 2. The maximum Gasteiger partial charge on any atom is 0.0703 e. The highest BCUT2D eigenvalue weighted by atomic mass is 16.3. The summed E-state index contributed by atoms with van der Waals surface area (Å²) in [5, 5.41) is 10.4. The monoisotopic (exact) mass is 168 g/mol. The van der Waals surface area contributed by atoms with E-state index in [1.54, 1.807) is 0 Å². The van der Waals surface area contributed by atoms with Crippen LogP contribution in [0.2, 0.25) is 0 Å². The molecule has 2 rings (SSSR count). The molecule has 0 spiro atoms. The first-order valence-corrected chi connectivity index (χ1v) is 5.39. The predicted molar refractivity (Wildman–Crippen MR) is 49.9 cm³/mol. The lowest BCUT2D eigenvalue weighted by Crippen LogP contribution is -2.41. The highest BCUT2D eigenvalue weighted by molar-refractivity contribution is 5.03. The third-order valence-electron chi connectivity index (χ3n) is 4.33. The quantitative estimate of drug-likeness (QED) is 0.672. The van der Waals surface area contributed by atoms with Gasteiger partial charge >= 0.3 is 0 Å². The standard InChI is InChI=1S/C11H20O/c1-3-8(2)11(12)7-9-4-5-10(11)6-9/h8-10,12H,3-7H2,1-2H3. The van der Waals surface area contributed by atoms with E-state index in [2.05, 4.69) is 13.8 Å². The summed E-state index contributed by atoms with van der Waals surface area (Å²) in [6.07, 6.45) is 6.18. The van der Waals surface area contributed by atoms with Gasteiger partial charge in [0, 0.05) is 0 Å². The topological polar surface area (TPSA) is 20.2 Å². The molecule has 4 unspecified atom stereocenters. The number of fused-ring (bicyclic) bond motifs is 2. The molecular formula is C11H20O. The van der Waals surface area contributed by atoms with Gasteiger partial charge < -0.3 is 5.11 Å². The van der Waals surface area contributed by atoms with Crippen LogP contribution in [-0.4, -0.2) is 10.7 Å². The Morgan fingerprint density at radius 2 is 2.25 bits per heavy atom. The Bertz CT molecular complexity index is 178. The first-order valence-electron chi connectivity index (χ1n) is 5.39. The van der Waals surface area contributed by atoms with E-state index >= 15 is 0 Å². The molecule has 0 aromatic heterocycles. The summed E-state index contributed by atoms with van der Waals surface area (Å²) in [5.74, 6) is 2.00. The van der Waals surface area contributed by atoms with E-state index in [-0.39, 0.29) is 5.60 Å². The fourth-order valence-corrected chi connectivity index (χ4v) is 3.30. The minimum atomic E-state index is -0.280. The van der Waals surface area contributed by atoms with Crippen molar-refractivity contribution in [2.75, 3.05) is 0 Å². The molecule has 1 heteroatoms. The minimum absolute atomic E-state index is 0.280. The van der Waals surface area contributed by atoms with Crippen LogP contribution in [0.3, 0.4) is 0 Å². The van der Waals surface area contributed by atoms with Crippen molar-refractivity contribution >= 4 is 0 Å². The van der Waals surface area contributed by atoms with E-state index in [1.807, 2.05) is 0 Å². The van der Waals surface area contributed by atoms with Crippen molar-refractivity contribution in [2.24, 2.45) is 17.8 Å². The van der Waals surface area contributed by atoms with Crippen LogP contribution in [0.25, 0.3) is 0 Å². The molecule has 0 saturated heterocycles. The molecule has 2 fully saturated rings. The fourth-order valence-electron chi connectivity index (χ4n) is 3.30. The Kier molecular flexibility index (Phi) is 1.95. The molecular weight excluding hydrogens is 148 g/mol. The van der Waals surface area contributed by atoms with Crippen LogP contribution in [0.15, 0.2) is 0 Å². The second-order valence-electron chi connectivity index (χ2n) is 4.88. The second kappa shape index (κ2) is 2.73. The lowest BCUT2D eigenvalue weighted by Gasteiger charge is -2.37. The summed E-state index contributed by atoms with van der Waals surface area (Å²) in [6.45, 7) is 4.40. The van der Waals surface area contributed by atoms with Crippen molar-refractivity contribution in [2.45, 2.75) is 51.6 Å². The van der Waals surface area contributed by atoms with Crippen molar-refractivity contribution in [1.29, 1.82) is 0 Å². The maximum atomic E-state index is 10.4. The Morgan fingerprint density at radius 3 is 2.67 bits per heavy atom. The highest BCUT2D eigenvalue weighted by Gasteiger charge is 2.51. The molecule has 70 valence electrons. The van der Waals surface area contributed by atoms with Gasteiger partial charge in [-0.2, -0.15) is 0 Å². The Hall–Kier alpha value is -0.0400. The van der Waals surface area contributed by atoms with Gasteiger partial charge in [0.05, 0.1) is 5.60 Å². The minimum Gasteiger partial charge on any atom is -0.389 e. The Morgan fingerprint density at radius 1 is 1.50 bits per heavy atom. The fraction of sp³-hybridized carbons (Fsp3) is 1.00. The highest BCUT2D eigenvalue weighted by Crippen LogP contribution is 2.54. The summed E-state index contributed by atoms with van der Waals surface area (Å²) >= 11 is 0. The van der Waals surface area contributed by atoms with E-state index in [9.17, 15) is 5.11 Å². The summed E-state index contributed by atoms with van der Waals surface area (Å²) in [4.78, 5) is 0. The first kappa shape index (κ1) is 8.55. The molecule has 0 amide bonds. The molecule has 12 heavy (non-hydrogen) atoms. The molecule has 0 radical (unpaired) electrons.